The summed E-state index contributed by atoms with van der Waals surface area (Å²) in [6, 6.07) is 22.7. The first-order valence-electron chi connectivity index (χ1n) is 10.1. The summed E-state index contributed by atoms with van der Waals surface area (Å²) < 4.78 is 28.7. The van der Waals surface area contributed by atoms with Crippen molar-refractivity contribution in [2.45, 2.75) is 36.8 Å². The second kappa shape index (κ2) is 7.20. The van der Waals surface area contributed by atoms with Crippen LogP contribution in [0.15, 0.2) is 77.7 Å². The molecular formula is C25H23NO3S. The molecule has 5 rings (SSSR count). The fourth-order valence-electron chi connectivity index (χ4n) is 4.40. The van der Waals surface area contributed by atoms with Crippen LogP contribution >= 0.6 is 0 Å². The van der Waals surface area contributed by atoms with Crippen molar-refractivity contribution in [3.05, 3.63) is 89.5 Å². The predicted molar refractivity (Wildman–Crippen MR) is 120 cm³/mol. The van der Waals surface area contributed by atoms with E-state index in [-0.39, 0.29) is 4.90 Å². The van der Waals surface area contributed by atoms with E-state index < -0.39 is 22.2 Å². The van der Waals surface area contributed by atoms with Crippen LogP contribution in [0.25, 0.3) is 21.5 Å². The minimum atomic E-state index is -3.75. The maximum absolute atomic E-state index is 13.0. The first-order chi connectivity index (χ1) is 14.4. The van der Waals surface area contributed by atoms with Gasteiger partial charge in [-0.05, 0) is 70.6 Å². The van der Waals surface area contributed by atoms with Crippen LogP contribution in [0.4, 0.5) is 0 Å². The molecule has 0 aromatic heterocycles. The van der Waals surface area contributed by atoms with Crippen LogP contribution < -0.4 is 4.72 Å². The van der Waals surface area contributed by atoms with E-state index >= 15 is 0 Å². The Bertz CT molecular complexity index is 1360. The maximum Gasteiger partial charge on any atom is 0.241 e. The number of fused-ring (bicyclic) bond motifs is 4. The molecule has 4 aromatic carbocycles. The van der Waals surface area contributed by atoms with Gasteiger partial charge in [0, 0.05) is 0 Å². The summed E-state index contributed by atoms with van der Waals surface area (Å²) in [4.78, 5) is 0.208. The monoisotopic (exact) mass is 417 g/mol. The highest BCUT2D eigenvalue weighted by molar-refractivity contribution is 7.89. The highest BCUT2D eigenvalue weighted by Gasteiger charge is 2.32. The van der Waals surface area contributed by atoms with Crippen LogP contribution in [-0.4, -0.2) is 19.6 Å². The molecule has 0 radical (unpaired) electrons. The zero-order valence-electron chi connectivity index (χ0n) is 16.7. The molecule has 0 saturated carbocycles. The van der Waals surface area contributed by atoms with Gasteiger partial charge in [-0.2, -0.15) is 0 Å². The zero-order valence-corrected chi connectivity index (χ0v) is 17.5. The van der Waals surface area contributed by atoms with E-state index in [2.05, 4.69) is 35.1 Å². The van der Waals surface area contributed by atoms with Crippen LogP contribution in [0.3, 0.4) is 0 Å². The van der Waals surface area contributed by atoms with Crippen molar-refractivity contribution in [2.24, 2.45) is 0 Å². The van der Waals surface area contributed by atoms with Crippen molar-refractivity contribution in [1.29, 1.82) is 0 Å². The Hall–Kier alpha value is -2.73. The van der Waals surface area contributed by atoms with Crippen molar-refractivity contribution >= 4 is 31.6 Å². The Morgan fingerprint density at radius 3 is 2.43 bits per heavy atom. The van der Waals surface area contributed by atoms with Crippen LogP contribution in [0.5, 0.6) is 0 Å². The summed E-state index contributed by atoms with van der Waals surface area (Å²) in [5, 5.41) is 15.2. The lowest BCUT2D eigenvalue weighted by Crippen LogP contribution is -2.39. The van der Waals surface area contributed by atoms with E-state index in [1.54, 1.807) is 24.3 Å². The molecule has 4 aromatic rings. The van der Waals surface area contributed by atoms with Gasteiger partial charge in [-0.15, -0.1) is 0 Å². The number of benzene rings is 4. The van der Waals surface area contributed by atoms with Gasteiger partial charge in [-0.25, -0.2) is 13.1 Å². The van der Waals surface area contributed by atoms with Crippen molar-refractivity contribution in [3.63, 3.8) is 0 Å². The fraction of sp³-hybridized carbons (Fsp3) is 0.200. The van der Waals surface area contributed by atoms with Gasteiger partial charge in [0.15, 0.2) is 0 Å². The van der Waals surface area contributed by atoms with Crippen LogP contribution in [0.1, 0.15) is 29.2 Å². The third-order valence-electron chi connectivity index (χ3n) is 6.05. The molecule has 2 unspecified atom stereocenters. The number of aryl methyl sites for hydroxylation is 2. The molecule has 0 amide bonds. The number of aliphatic hydroxyl groups is 1. The Labute approximate surface area is 176 Å². The third-order valence-corrected chi connectivity index (χ3v) is 7.50. The van der Waals surface area contributed by atoms with Crippen LogP contribution in [0.2, 0.25) is 0 Å². The second-order valence-corrected chi connectivity index (χ2v) is 9.79. The largest absolute Gasteiger partial charge is 0.391 e. The molecule has 0 saturated heterocycles. The maximum atomic E-state index is 13.0. The van der Waals surface area contributed by atoms with Crippen molar-refractivity contribution < 1.29 is 13.5 Å². The van der Waals surface area contributed by atoms with Gasteiger partial charge in [-0.1, -0.05) is 60.2 Å². The van der Waals surface area contributed by atoms with Gasteiger partial charge in [-0.3, -0.25) is 0 Å². The van der Waals surface area contributed by atoms with E-state index in [4.69, 9.17) is 0 Å². The van der Waals surface area contributed by atoms with Crippen LogP contribution in [-0.2, 0) is 16.4 Å². The molecule has 4 nitrogen and oxygen atoms in total. The highest BCUT2D eigenvalue weighted by Crippen LogP contribution is 2.36. The number of rotatable bonds is 3. The summed E-state index contributed by atoms with van der Waals surface area (Å²) in [6.07, 6.45) is 0.471. The minimum Gasteiger partial charge on any atom is -0.391 e. The Kier molecular flexibility index (Phi) is 4.62. The first kappa shape index (κ1) is 19.2. The van der Waals surface area contributed by atoms with Gasteiger partial charge in [0.2, 0.25) is 10.0 Å². The van der Waals surface area contributed by atoms with Crippen molar-refractivity contribution in [3.8, 4) is 0 Å². The average Bonchev–Trinajstić information content (AvgIpc) is 2.75. The highest BCUT2D eigenvalue weighted by atomic mass is 32.2. The predicted octanol–water partition coefficient (Wildman–Crippen LogP) is 4.63. The van der Waals surface area contributed by atoms with E-state index in [0.717, 1.165) is 33.9 Å². The zero-order chi connectivity index (χ0) is 20.9. The molecule has 1 aliphatic carbocycles. The van der Waals surface area contributed by atoms with Gasteiger partial charge in [0.05, 0.1) is 17.0 Å². The summed E-state index contributed by atoms with van der Waals surface area (Å²) >= 11 is 0. The normalized spacial score (nSPS) is 19.1. The fourth-order valence-corrected chi connectivity index (χ4v) is 5.64. The van der Waals surface area contributed by atoms with Gasteiger partial charge >= 0.3 is 0 Å². The quantitative estimate of drug-likeness (QED) is 0.478. The first-order valence-corrected chi connectivity index (χ1v) is 11.6. The van der Waals surface area contributed by atoms with Gasteiger partial charge in [0.25, 0.3) is 0 Å². The summed E-state index contributed by atoms with van der Waals surface area (Å²) in [5.74, 6) is 0. The number of aliphatic hydroxyl groups excluding tert-OH is 1. The third kappa shape index (κ3) is 3.29. The topological polar surface area (TPSA) is 66.4 Å². The molecule has 1 aliphatic rings. The lowest BCUT2D eigenvalue weighted by Gasteiger charge is -2.31. The number of nitrogens with one attached hydrogen (secondary N) is 1. The van der Waals surface area contributed by atoms with E-state index in [1.165, 1.54) is 10.8 Å². The number of hydrogen-bond donors (Lipinski definition) is 2. The molecule has 0 spiro atoms. The summed E-state index contributed by atoms with van der Waals surface area (Å²) in [7, 11) is -3.75. The molecule has 0 aliphatic heterocycles. The molecule has 30 heavy (non-hydrogen) atoms. The Morgan fingerprint density at radius 1 is 0.900 bits per heavy atom. The standard InChI is InChI=1S/C25H23NO3S/c1-16-6-11-20(12-7-16)30(28,29)26-25-23-15-18-9-8-17-4-2-3-5-21(17)22(18)14-19(23)10-13-24(25)27/h2-9,11-12,14-15,24-27H,10,13H2,1H3. The molecule has 0 fully saturated rings. The average molecular weight is 418 g/mol. The molecule has 5 heteroatoms. The summed E-state index contributed by atoms with van der Waals surface area (Å²) in [5.41, 5.74) is 2.93. The Morgan fingerprint density at radius 2 is 1.63 bits per heavy atom. The summed E-state index contributed by atoms with van der Waals surface area (Å²) in [6.45, 7) is 1.92. The molecule has 0 bridgehead atoms. The molecular weight excluding hydrogens is 394 g/mol. The SMILES string of the molecule is Cc1ccc(S(=O)(=O)NC2c3cc4ccc5ccccc5c4cc3CCC2O)cc1. The van der Waals surface area contributed by atoms with E-state index in [1.807, 2.05) is 25.1 Å². The minimum absolute atomic E-state index is 0.208. The number of hydrogen-bond acceptors (Lipinski definition) is 3. The smallest absolute Gasteiger partial charge is 0.241 e. The van der Waals surface area contributed by atoms with E-state index in [0.29, 0.717) is 6.42 Å². The van der Waals surface area contributed by atoms with Gasteiger partial charge < -0.3 is 5.11 Å². The molecule has 0 heterocycles. The Balaban J connectivity index is 1.60. The molecule has 152 valence electrons. The molecule has 2 atom stereocenters. The van der Waals surface area contributed by atoms with Crippen molar-refractivity contribution in [1.82, 2.24) is 4.72 Å². The lowest BCUT2D eigenvalue weighted by molar-refractivity contribution is 0.121. The second-order valence-electron chi connectivity index (χ2n) is 8.08. The molecule has 2 N–H and O–H groups in total. The van der Waals surface area contributed by atoms with Crippen LogP contribution in [0, 0.1) is 6.92 Å². The number of sulfonamides is 1. The van der Waals surface area contributed by atoms with E-state index in [9.17, 15) is 13.5 Å². The lowest BCUT2D eigenvalue weighted by atomic mass is 9.84. The van der Waals surface area contributed by atoms with Crippen molar-refractivity contribution in [2.75, 3.05) is 0 Å². The van der Waals surface area contributed by atoms with Gasteiger partial charge in [0.1, 0.15) is 0 Å².